The third kappa shape index (κ3) is 4.16. The summed E-state index contributed by atoms with van der Waals surface area (Å²) in [7, 11) is 0. The summed E-state index contributed by atoms with van der Waals surface area (Å²) in [6, 6.07) is 0. The number of hydrogen-bond acceptors (Lipinski definition) is 4. The van der Waals surface area contributed by atoms with Crippen molar-refractivity contribution >= 4 is 11.7 Å². The number of rotatable bonds is 6. The highest BCUT2D eigenvalue weighted by molar-refractivity contribution is 5.92. The molecule has 0 bridgehead atoms. The van der Waals surface area contributed by atoms with Gasteiger partial charge in [-0.05, 0) is 32.1 Å². The van der Waals surface area contributed by atoms with E-state index in [2.05, 4.69) is 28.7 Å². The Morgan fingerprint density at radius 1 is 1.10 bits per heavy atom. The molecule has 0 aromatic carbocycles. The number of amides is 1. The lowest BCUT2D eigenvalue weighted by Gasteiger charge is -2.26. The zero-order valence-corrected chi connectivity index (χ0v) is 13.2. The fraction of sp³-hybridized carbons (Fsp3) is 0.688. The Hall–Kier alpha value is -1.65. The van der Waals surface area contributed by atoms with Gasteiger partial charge >= 0.3 is 0 Å². The molecule has 0 atom stereocenters. The van der Waals surface area contributed by atoms with E-state index in [1.165, 1.54) is 6.42 Å². The molecule has 1 amide bonds. The number of hydrogen-bond donors (Lipinski definition) is 0. The normalized spacial score (nSPS) is 15.0. The van der Waals surface area contributed by atoms with E-state index in [0.717, 1.165) is 57.7 Å². The lowest BCUT2D eigenvalue weighted by molar-refractivity contribution is 0.0718. The summed E-state index contributed by atoms with van der Waals surface area (Å²) in [6.45, 7) is 7.96. The maximum atomic E-state index is 12.3. The van der Waals surface area contributed by atoms with Gasteiger partial charge in [-0.15, -0.1) is 0 Å². The van der Waals surface area contributed by atoms with Crippen molar-refractivity contribution < 1.29 is 4.79 Å². The van der Waals surface area contributed by atoms with E-state index in [9.17, 15) is 4.79 Å². The molecule has 0 saturated carbocycles. The van der Waals surface area contributed by atoms with Crippen LogP contribution in [0.2, 0.25) is 0 Å². The molecule has 0 unspecified atom stereocenters. The van der Waals surface area contributed by atoms with Crippen LogP contribution in [0.5, 0.6) is 0 Å². The van der Waals surface area contributed by atoms with Crippen molar-refractivity contribution in [3.8, 4) is 0 Å². The van der Waals surface area contributed by atoms with Crippen molar-refractivity contribution in [2.45, 2.75) is 46.0 Å². The summed E-state index contributed by atoms with van der Waals surface area (Å²) < 4.78 is 0. The van der Waals surface area contributed by atoms with Gasteiger partial charge in [-0.1, -0.05) is 13.8 Å². The van der Waals surface area contributed by atoms with Crippen LogP contribution in [0.3, 0.4) is 0 Å². The van der Waals surface area contributed by atoms with Crippen LogP contribution in [0.4, 0.5) is 5.82 Å². The Morgan fingerprint density at radius 3 is 2.29 bits per heavy atom. The molecule has 5 nitrogen and oxygen atoms in total. The molecule has 2 heterocycles. The molecule has 1 aromatic rings. The van der Waals surface area contributed by atoms with Crippen molar-refractivity contribution in [3.05, 3.63) is 18.1 Å². The molecule has 1 aromatic heterocycles. The molecule has 21 heavy (non-hydrogen) atoms. The molecule has 1 aliphatic rings. The second kappa shape index (κ2) is 7.96. The molecule has 1 aliphatic heterocycles. The summed E-state index contributed by atoms with van der Waals surface area (Å²) in [5.41, 5.74) is 0.466. The minimum absolute atomic E-state index is 0.0197. The molecule has 0 aliphatic carbocycles. The smallest absolute Gasteiger partial charge is 0.274 e. The van der Waals surface area contributed by atoms with Crippen LogP contribution in [-0.2, 0) is 0 Å². The average molecular weight is 290 g/mol. The van der Waals surface area contributed by atoms with E-state index in [4.69, 9.17) is 0 Å². The molecule has 116 valence electrons. The zero-order valence-electron chi connectivity index (χ0n) is 13.2. The fourth-order valence-corrected chi connectivity index (χ4v) is 2.73. The number of carbonyl (C=O) groups is 1. The van der Waals surface area contributed by atoms with Crippen LogP contribution >= 0.6 is 0 Å². The lowest BCUT2D eigenvalue weighted by atomic mass is 10.1. The van der Waals surface area contributed by atoms with Crippen LogP contribution in [0.25, 0.3) is 0 Å². The third-order valence-corrected chi connectivity index (χ3v) is 3.81. The summed E-state index contributed by atoms with van der Waals surface area (Å²) >= 11 is 0. The highest BCUT2D eigenvalue weighted by atomic mass is 16.2. The second-order valence-corrected chi connectivity index (χ2v) is 5.60. The molecule has 0 radical (unpaired) electrons. The van der Waals surface area contributed by atoms with Gasteiger partial charge in [0.1, 0.15) is 11.5 Å². The van der Waals surface area contributed by atoms with Gasteiger partial charge in [0, 0.05) is 26.2 Å². The topological polar surface area (TPSA) is 49.3 Å². The number of likely N-dealkylation sites (tertiary alicyclic amines) is 1. The standard InChI is InChI=1S/C16H26N4O/c1-3-8-19(9-4-2)15-13-17-14(12-18-15)16(21)20-10-6-5-7-11-20/h12-13H,3-11H2,1-2H3. The first kappa shape index (κ1) is 15.7. The van der Waals surface area contributed by atoms with Gasteiger partial charge in [-0.3, -0.25) is 4.79 Å². The zero-order chi connectivity index (χ0) is 15.1. The SMILES string of the molecule is CCCN(CCC)c1cnc(C(=O)N2CCCCC2)cn1. The van der Waals surface area contributed by atoms with Gasteiger partial charge in [-0.2, -0.15) is 0 Å². The lowest BCUT2D eigenvalue weighted by Crippen LogP contribution is -2.36. The van der Waals surface area contributed by atoms with E-state index in [-0.39, 0.29) is 5.91 Å². The Balaban J connectivity index is 2.04. The van der Waals surface area contributed by atoms with Crippen molar-refractivity contribution in [2.24, 2.45) is 0 Å². The molecule has 2 rings (SSSR count). The summed E-state index contributed by atoms with van der Waals surface area (Å²) in [5, 5.41) is 0. The summed E-state index contributed by atoms with van der Waals surface area (Å²) in [4.78, 5) is 25.3. The number of nitrogens with zero attached hydrogens (tertiary/aromatic N) is 4. The van der Waals surface area contributed by atoms with Gasteiger partial charge in [0.05, 0.1) is 12.4 Å². The molecule has 1 saturated heterocycles. The Morgan fingerprint density at radius 2 is 1.76 bits per heavy atom. The first-order valence-electron chi connectivity index (χ1n) is 8.12. The second-order valence-electron chi connectivity index (χ2n) is 5.60. The third-order valence-electron chi connectivity index (χ3n) is 3.81. The summed E-state index contributed by atoms with van der Waals surface area (Å²) in [6.07, 6.45) is 8.94. The average Bonchev–Trinajstić information content (AvgIpc) is 2.55. The van der Waals surface area contributed by atoms with Crippen LogP contribution < -0.4 is 4.90 Å². The minimum Gasteiger partial charge on any atom is -0.355 e. The number of anilines is 1. The van der Waals surface area contributed by atoms with Gasteiger partial charge in [-0.25, -0.2) is 9.97 Å². The largest absolute Gasteiger partial charge is 0.355 e. The van der Waals surface area contributed by atoms with Crippen molar-refractivity contribution in [3.63, 3.8) is 0 Å². The molecular formula is C16H26N4O. The predicted molar refractivity (Wildman–Crippen MR) is 84.6 cm³/mol. The van der Waals surface area contributed by atoms with E-state index < -0.39 is 0 Å². The van der Waals surface area contributed by atoms with Crippen molar-refractivity contribution in [2.75, 3.05) is 31.1 Å². The van der Waals surface area contributed by atoms with Crippen LogP contribution in [0, 0.1) is 0 Å². The van der Waals surface area contributed by atoms with Crippen LogP contribution in [0.1, 0.15) is 56.4 Å². The first-order valence-corrected chi connectivity index (χ1v) is 8.12. The monoisotopic (exact) mass is 290 g/mol. The van der Waals surface area contributed by atoms with E-state index in [1.807, 2.05) is 4.90 Å². The van der Waals surface area contributed by atoms with Crippen molar-refractivity contribution in [1.82, 2.24) is 14.9 Å². The van der Waals surface area contributed by atoms with Gasteiger partial charge in [0.2, 0.25) is 0 Å². The van der Waals surface area contributed by atoms with E-state index in [0.29, 0.717) is 5.69 Å². The molecule has 1 fully saturated rings. The highest BCUT2D eigenvalue weighted by Crippen LogP contribution is 2.14. The number of carbonyl (C=O) groups excluding carboxylic acids is 1. The quantitative estimate of drug-likeness (QED) is 0.808. The predicted octanol–water partition coefficient (Wildman–Crippen LogP) is 2.73. The Labute approximate surface area is 127 Å². The van der Waals surface area contributed by atoms with E-state index in [1.54, 1.807) is 12.4 Å². The van der Waals surface area contributed by atoms with Crippen LogP contribution in [-0.4, -0.2) is 47.0 Å². The van der Waals surface area contributed by atoms with Crippen LogP contribution in [0.15, 0.2) is 12.4 Å². The fourth-order valence-electron chi connectivity index (χ4n) is 2.73. The summed E-state index contributed by atoms with van der Waals surface area (Å²) in [5.74, 6) is 0.889. The van der Waals surface area contributed by atoms with Crippen molar-refractivity contribution in [1.29, 1.82) is 0 Å². The van der Waals surface area contributed by atoms with Gasteiger partial charge < -0.3 is 9.80 Å². The number of aromatic nitrogens is 2. The Kier molecular flexibility index (Phi) is 5.96. The maximum Gasteiger partial charge on any atom is 0.274 e. The molecule has 0 spiro atoms. The molecule has 0 N–H and O–H groups in total. The molecule has 5 heteroatoms. The van der Waals surface area contributed by atoms with Gasteiger partial charge in [0.25, 0.3) is 5.91 Å². The highest BCUT2D eigenvalue weighted by Gasteiger charge is 2.19. The maximum absolute atomic E-state index is 12.3. The number of piperidine rings is 1. The Bertz CT molecular complexity index is 434. The minimum atomic E-state index is 0.0197. The van der Waals surface area contributed by atoms with E-state index >= 15 is 0 Å². The molecular weight excluding hydrogens is 264 g/mol. The van der Waals surface area contributed by atoms with Gasteiger partial charge in [0.15, 0.2) is 0 Å². The first-order chi connectivity index (χ1) is 10.3.